The molecule has 0 radical (unpaired) electrons. The van der Waals surface area contributed by atoms with Crippen LogP contribution in [0.15, 0.2) is 22.9 Å². The molecule has 0 aliphatic rings. The highest BCUT2D eigenvalue weighted by atomic mass is 19.1. The number of aliphatic hydroxyl groups is 1. The summed E-state index contributed by atoms with van der Waals surface area (Å²) in [5.74, 6) is -0.233. The molecule has 0 saturated carbocycles. The molecule has 0 aliphatic heterocycles. The highest BCUT2D eigenvalue weighted by Gasteiger charge is 2.18. The lowest BCUT2D eigenvalue weighted by Gasteiger charge is -2.19. The molecule has 26 heavy (non-hydrogen) atoms. The Kier molecular flexibility index (Phi) is 6.58. The van der Waals surface area contributed by atoms with Gasteiger partial charge in [0, 0.05) is 25.7 Å². The third-order valence-electron chi connectivity index (χ3n) is 3.03. The number of aromatic nitrogens is 3. The van der Waals surface area contributed by atoms with Crippen LogP contribution in [0.3, 0.4) is 0 Å². The van der Waals surface area contributed by atoms with Gasteiger partial charge in [0.15, 0.2) is 6.23 Å². The van der Waals surface area contributed by atoms with E-state index >= 15 is 0 Å². The molecule has 1 atom stereocenters. The molecule has 10 heteroatoms. The minimum Gasteiger partial charge on any atom is -0.444 e. The molecule has 2 aromatic heterocycles. The Bertz CT molecular complexity index is 731. The average molecular weight is 367 g/mol. The first-order chi connectivity index (χ1) is 12.2. The zero-order chi connectivity index (χ0) is 19.2. The fourth-order valence-corrected chi connectivity index (χ4v) is 1.90. The summed E-state index contributed by atoms with van der Waals surface area (Å²) < 4.78 is 23.6. The van der Waals surface area contributed by atoms with E-state index in [4.69, 9.17) is 9.26 Å². The lowest BCUT2D eigenvalue weighted by atomic mass is 10.2. The van der Waals surface area contributed by atoms with Crippen LogP contribution < -0.4 is 10.6 Å². The van der Waals surface area contributed by atoms with Gasteiger partial charge in [-0.05, 0) is 32.9 Å². The Morgan fingerprint density at radius 3 is 2.92 bits per heavy atom. The quantitative estimate of drug-likeness (QED) is 0.629. The van der Waals surface area contributed by atoms with Gasteiger partial charge in [-0.2, -0.15) is 4.98 Å². The summed E-state index contributed by atoms with van der Waals surface area (Å²) in [7, 11) is 0. The largest absolute Gasteiger partial charge is 0.444 e. The number of carbonyl (C=O) groups is 1. The van der Waals surface area contributed by atoms with Crippen molar-refractivity contribution in [1.82, 2.24) is 25.8 Å². The molecule has 0 spiro atoms. The fourth-order valence-electron chi connectivity index (χ4n) is 1.90. The summed E-state index contributed by atoms with van der Waals surface area (Å²) in [6, 6.07) is 2.76. The number of pyridine rings is 1. The second kappa shape index (κ2) is 8.68. The van der Waals surface area contributed by atoms with Crippen LogP contribution in [0.5, 0.6) is 0 Å². The zero-order valence-electron chi connectivity index (χ0n) is 14.8. The number of hydrogen-bond acceptors (Lipinski definition) is 8. The maximum Gasteiger partial charge on any atom is 0.407 e. The second-order valence-electron chi connectivity index (χ2n) is 6.44. The van der Waals surface area contributed by atoms with E-state index in [2.05, 4.69) is 25.8 Å². The minimum absolute atomic E-state index is 0.00207. The smallest absolute Gasteiger partial charge is 0.407 e. The molecule has 0 saturated heterocycles. The standard InChI is InChI=1S/C16H22FN5O4/c1-16(2,3)25-15(24)19-8-6-12-21-13(22-26-12)14(23)20-9-11-10(17)5-4-7-18-11/h4-5,7,14,20,23H,6,8-9H2,1-3H3,(H,19,24). The Morgan fingerprint density at radius 1 is 1.46 bits per heavy atom. The Morgan fingerprint density at radius 2 is 2.23 bits per heavy atom. The third-order valence-corrected chi connectivity index (χ3v) is 3.03. The van der Waals surface area contributed by atoms with Crippen molar-refractivity contribution in [2.24, 2.45) is 0 Å². The Balaban J connectivity index is 1.78. The molecule has 2 aromatic rings. The maximum absolute atomic E-state index is 13.5. The van der Waals surface area contributed by atoms with Crippen LogP contribution >= 0.6 is 0 Å². The number of rotatable bonds is 7. The summed E-state index contributed by atoms with van der Waals surface area (Å²) in [4.78, 5) is 19.4. The number of aliphatic hydroxyl groups excluding tert-OH is 1. The number of carbonyl (C=O) groups excluding carboxylic acids is 1. The molecular formula is C16H22FN5O4. The lowest BCUT2D eigenvalue weighted by Crippen LogP contribution is -2.33. The van der Waals surface area contributed by atoms with E-state index in [0.29, 0.717) is 0 Å². The number of amides is 1. The normalized spacial score (nSPS) is 12.7. The summed E-state index contributed by atoms with van der Waals surface area (Å²) in [5, 5.41) is 18.9. The number of alkyl carbamates (subject to hydrolysis) is 1. The van der Waals surface area contributed by atoms with Crippen LogP contribution in [0, 0.1) is 5.82 Å². The van der Waals surface area contributed by atoms with Crippen LogP contribution in [0.2, 0.25) is 0 Å². The van der Waals surface area contributed by atoms with Crippen LogP contribution in [-0.4, -0.2) is 38.5 Å². The average Bonchev–Trinajstić information content (AvgIpc) is 3.01. The van der Waals surface area contributed by atoms with Crippen molar-refractivity contribution in [2.75, 3.05) is 6.54 Å². The van der Waals surface area contributed by atoms with Crippen LogP contribution in [0.1, 0.15) is 44.4 Å². The lowest BCUT2D eigenvalue weighted by molar-refractivity contribution is 0.0527. The highest BCUT2D eigenvalue weighted by Crippen LogP contribution is 2.09. The molecule has 0 bridgehead atoms. The molecule has 142 valence electrons. The Labute approximate surface area is 150 Å². The number of halogens is 1. The van der Waals surface area contributed by atoms with E-state index in [1.54, 1.807) is 20.8 Å². The van der Waals surface area contributed by atoms with E-state index in [-0.39, 0.29) is 36.9 Å². The van der Waals surface area contributed by atoms with Gasteiger partial charge in [0.2, 0.25) is 11.7 Å². The topological polar surface area (TPSA) is 122 Å². The van der Waals surface area contributed by atoms with Gasteiger partial charge in [-0.3, -0.25) is 10.3 Å². The van der Waals surface area contributed by atoms with Crippen molar-refractivity contribution in [2.45, 2.75) is 45.6 Å². The minimum atomic E-state index is -1.24. The van der Waals surface area contributed by atoms with Crippen LogP contribution in [-0.2, 0) is 17.7 Å². The first-order valence-electron chi connectivity index (χ1n) is 8.05. The van der Waals surface area contributed by atoms with Gasteiger partial charge in [0.1, 0.15) is 11.4 Å². The van der Waals surface area contributed by atoms with Gasteiger partial charge < -0.3 is 19.7 Å². The molecule has 3 N–H and O–H groups in total. The van der Waals surface area contributed by atoms with Crippen molar-refractivity contribution in [3.8, 4) is 0 Å². The molecule has 2 heterocycles. The predicted molar refractivity (Wildman–Crippen MR) is 88.2 cm³/mol. The summed E-state index contributed by atoms with van der Waals surface area (Å²) in [6.07, 6.45) is -0.0613. The van der Waals surface area contributed by atoms with E-state index in [1.165, 1.54) is 18.3 Å². The Hall–Kier alpha value is -2.59. The zero-order valence-corrected chi connectivity index (χ0v) is 14.8. The van der Waals surface area contributed by atoms with Crippen LogP contribution in [0.4, 0.5) is 9.18 Å². The number of nitrogens with one attached hydrogen (secondary N) is 2. The molecule has 2 rings (SSSR count). The highest BCUT2D eigenvalue weighted by molar-refractivity contribution is 5.67. The molecule has 9 nitrogen and oxygen atoms in total. The molecule has 0 fully saturated rings. The molecule has 1 amide bonds. The molecule has 1 unspecified atom stereocenters. The van der Waals surface area contributed by atoms with Crippen molar-refractivity contribution in [1.29, 1.82) is 0 Å². The fraction of sp³-hybridized carbons (Fsp3) is 0.500. The van der Waals surface area contributed by atoms with Crippen molar-refractivity contribution < 1.29 is 23.6 Å². The second-order valence-corrected chi connectivity index (χ2v) is 6.44. The number of nitrogens with zero attached hydrogens (tertiary/aromatic N) is 3. The summed E-state index contributed by atoms with van der Waals surface area (Å²) in [5.41, 5.74) is -0.415. The number of hydrogen-bond donors (Lipinski definition) is 3. The van der Waals surface area contributed by atoms with E-state index in [0.717, 1.165) is 0 Å². The van der Waals surface area contributed by atoms with Gasteiger partial charge in [-0.1, -0.05) is 5.16 Å². The van der Waals surface area contributed by atoms with E-state index in [9.17, 15) is 14.3 Å². The molecule has 0 aliphatic carbocycles. The maximum atomic E-state index is 13.5. The third kappa shape index (κ3) is 6.37. The first-order valence-corrected chi connectivity index (χ1v) is 8.05. The molecule has 0 aromatic carbocycles. The van der Waals surface area contributed by atoms with Gasteiger partial charge in [0.25, 0.3) is 0 Å². The van der Waals surface area contributed by atoms with Crippen molar-refractivity contribution >= 4 is 6.09 Å². The van der Waals surface area contributed by atoms with E-state index in [1.807, 2.05) is 0 Å². The summed E-state index contributed by atoms with van der Waals surface area (Å²) in [6.45, 7) is 5.53. The van der Waals surface area contributed by atoms with Gasteiger partial charge in [-0.15, -0.1) is 0 Å². The SMILES string of the molecule is CC(C)(C)OC(=O)NCCc1nc(C(O)NCc2ncccc2F)no1. The monoisotopic (exact) mass is 367 g/mol. The van der Waals surface area contributed by atoms with Gasteiger partial charge in [-0.25, -0.2) is 9.18 Å². The van der Waals surface area contributed by atoms with Crippen molar-refractivity contribution in [3.63, 3.8) is 0 Å². The van der Waals surface area contributed by atoms with Gasteiger partial charge >= 0.3 is 6.09 Å². The predicted octanol–water partition coefficient (Wildman–Crippen LogP) is 1.45. The van der Waals surface area contributed by atoms with Crippen LogP contribution in [0.25, 0.3) is 0 Å². The molecular weight excluding hydrogens is 345 g/mol. The summed E-state index contributed by atoms with van der Waals surface area (Å²) >= 11 is 0. The van der Waals surface area contributed by atoms with E-state index < -0.39 is 23.7 Å². The van der Waals surface area contributed by atoms with Gasteiger partial charge in [0.05, 0.1) is 5.69 Å². The number of ether oxygens (including phenoxy) is 1. The first kappa shape index (κ1) is 19.7. The van der Waals surface area contributed by atoms with Crippen molar-refractivity contribution in [3.05, 3.63) is 41.6 Å².